The fourth-order valence-corrected chi connectivity index (χ4v) is 3.64. The molecular weight excluding hydrogens is 511 g/mol. The van der Waals surface area contributed by atoms with Gasteiger partial charge in [0, 0.05) is 46.0 Å². The van der Waals surface area contributed by atoms with E-state index in [-0.39, 0.29) is 42.5 Å². The Morgan fingerprint density at radius 3 is 2.27 bits per heavy atom. The second-order valence-corrected chi connectivity index (χ2v) is 7.77. The first-order valence-corrected chi connectivity index (χ1v) is 10.8. The first kappa shape index (κ1) is 27.0. The number of pyridine rings is 1. The molecule has 0 unspecified atom stereocenters. The van der Waals surface area contributed by atoms with Gasteiger partial charge in [0.15, 0.2) is 0 Å². The molecule has 0 aliphatic rings. The summed E-state index contributed by atoms with van der Waals surface area (Å²) in [7, 11) is 0. The molecule has 0 spiro atoms. The molecule has 11 heteroatoms. The van der Waals surface area contributed by atoms with Crippen LogP contribution >= 0.6 is 24.8 Å². The Labute approximate surface area is 225 Å². The zero-order valence-electron chi connectivity index (χ0n) is 19.4. The van der Waals surface area contributed by atoms with Gasteiger partial charge in [-0.15, -0.1) is 24.8 Å². The fourth-order valence-electron chi connectivity index (χ4n) is 3.64. The predicted molar refractivity (Wildman–Crippen MR) is 154 cm³/mol. The third kappa shape index (κ3) is 6.54. The second-order valence-electron chi connectivity index (χ2n) is 7.77. The summed E-state index contributed by atoms with van der Waals surface area (Å²) in [6.07, 6.45) is 1.77. The number of carbonyl (C=O) groups is 1. The molecule has 37 heavy (non-hydrogen) atoms. The first-order valence-electron chi connectivity index (χ1n) is 10.8. The number of halogens is 2. The lowest BCUT2D eigenvalue weighted by atomic mass is 10.1. The van der Waals surface area contributed by atoms with Gasteiger partial charge in [-0.2, -0.15) is 9.97 Å². The molecule has 0 fully saturated rings. The number of carbonyl (C=O) groups excluding carboxylic acids is 1. The molecule has 0 aliphatic carbocycles. The van der Waals surface area contributed by atoms with Crippen LogP contribution in [0.4, 0.5) is 40.3 Å². The third-order valence-electron chi connectivity index (χ3n) is 5.23. The summed E-state index contributed by atoms with van der Waals surface area (Å²) in [5.41, 5.74) is 16.0. The Morgan fingerprint density at radius 2 is 1.49 bits per heavy atom. The van der Waals surface area contributed by atoms with Gasteiger partial charge >= 0.3 is 0 Å². The van der Waals surface area contributed by atoms with Crippen LogP contribution in [0.25, 0.3) is 10.9 Å². The topological polar surface area (TPSA) is 144 Å². The number of aromatic nitrogens is 3. The van der Waals surface area contributed by atoms with Crippen molar-refractivity contribution in [2.75, 3.05) is 27.4 Å². The molecule has 0 atom stereocenters. The Hall–Kier alpha value is -4.60. The van der Waals surface area contributed by atoms with Gasteiger partial charge in [-0.25, -0.2) is 0 Å². The summed E-state index contributed by atoms with van der Waals surface area (Å²) in [6.45, 7) is 0. The zero-order valence-corrected chi connectivity index (χ0v) is 21.0. The largest absolute Gasteiger partial charge is 0.383 e. The van der Waals surface area contributed by atoms with Crippen molar-refractivity contribution in [1.82, 2.24) is 15.0 Å². The highest BCUT2D eigenvalue weighted by Crippen LogP contribution is 2.26. The minimum atomic E-state index is -0.240. The molecule has 5 rings (SSSR count). The summed E-state index contributed by atoms with van der Waals surface area (Å²) in [6, 6.07) is 26.0. The highest BCUT2D eigenvalue weighted by Gasteiger charge is 2.09. The number of fused-ring (bicyclic) bond motifs is 1. The van der Waals surface area contributed by atoms with Crippen LogP contribution in [-0.2, 0) is 0 Å². The number of nitrogen functional groups attached to an aromatic ring is 2. The van der Waals surface area contributed by atoms with Gasteiger partial charge in [-0.05, 0) is 54.6 Å². The SMILES string of the molecule is Cl.Cl.Nc1cc(Nc2cccc(C(=O)Nc3ccc(Nc4ccnc5ccccc45)cc3)c2)nc(N)n1. The van der Waals surface area contributed by atoms with Crippen LogP contribution in [0.5, 0.6) is 0 Å². The van der Waals surface area contributed by atoms with E-state index in [1.807, 2.05) is 60.7 Å². The van der Waals surface area contributed by atoms with Crippen LogP contribution in [0.1, 0.15) is 10.4 Å². The van der Waals surface area contributed by atoms with Crippen LogP contribution < -0.4 is 27.4 Å². The number of nitrogens with two attached hydrogens (primary N) is 2. The molecule has 7 N–H and O–H groups in total. The summed E-state index contributed by atoms with van der Waals surface area (Å²) < 4.78 is 0. The lowest BCUT2D eigenvalue weighted by Crippen LogP contribution is -2.12. The number of hydrogen-bond donors (Lipinski definition) is 5. The van der Waals surface area contributed by atoms with Gasteiger partial charge in [0.2, 0.25) is 5.95 Å². The Morgan fingerprint density at radius 1 is 0.730 bits per heavy atom. The Balaban J connectivity index is 0.00000190. The maximum absolute atomic E-state index is 12.8. The van der Waals surface area contributed by atoms with Crippen molar-refractivity contribution in [1.29, 1.82) is 0 Å². The molecule has 0 aliphatic heterocycles. The van der Waals surface area contributed by atoms with Gasteiger partial charge in [-0.3, -0.25) is 9.78 Å². The van der Waals surface area contributed by atoms with Crippen molar-refractivity contribution >= 4 is 82.0 Å². The monoisotopic (exact) mass is 534 g/mol. The fraction of sp³-hybridized carbons (Fsp3) is 0. The maximum Gasteiger partial charge on any atom is 0.255 e. The number of nitrogens with one attached hydrogen (secondary N) is 3. The average Bonchev–Trinajstić information content (AvgIpc) is 2.85. The maximum atomic E-state index is 12.8. The minimum Gasteiger partial charge on any atom is -0.383 e. The van der Waals surface area contributed by atoms with Gasteiger partial charge < -0.3 is 27.4 Å². The van der Waals surface area contributed by atoms with E-state index in [0.717, 1.165) is 22.3 Å². The molecule has 2 aromatic heterocycles. The van der Waals surface area contributed by atoms with Gasteiger partial charge in [0.25, 0.3) is 5.91 Å². The molecule has 9 nitrogen and oxygen atoms in total. The minimum absolute atomic E-state index is 0. The number of benzene rings is 3. The zero-order chi connectivity index (χ0) is 24.2. The number of anilines is 7. The van der Waals surface area contributed by atoms with E-state index in [9.17, 15) is 4.79 Å². The standard InChI is InChI=1S/C26H22N8O.2ClH/c27-23-15-24(34-26(28)33-23)31-19-5-3-4-16(14-19)25(35)32-18-10-8-17(9-11-18)30-22-12-13-29-21-7-2-1-6-20(21)22;;/h1-15H,(H,29,30)(H,32,35)(H5,27,28,31,33,34);2*1H. The molecule has 0 radical (unpaired) electrons. The quantitative estimate of drug-likeness (QED) is 0.184. The lowest BCUT2D eigenvalue weighted by molar-refractivity contribution is 0.102. The number of hydrogen-bond acceptors (Lipinski definition) is 8. The molecule has 188 valence electrons. The van der Waals surface area contributed by atoms with Crippen LogP contribution in [0.2, 0.25) is 0 Å². The summed E-state index contributed by atoms with van der Waals surface area (Å²) >= 11 is 0. The first-order chi connectivity index (χ1) is 17.0. The highest BCUT2D eigenvalue weighted by atomic mass is 35.5. The van der Waals surface area contributed by atoms with Crippen LogP contribution in [-0.4, -0.2) is 20.9 Å². The van der Waals surface area contributed by atoms with Crippen molar-refractivity contribution in [3.8, 4) is 0 Å². The van der Waals surface area contributed by atoms with Gasteiger partial charge in [-0.1, -0.05) is 24.3 Å². The van der Waals surface area contributed by atoms with Crippen molar-refractivity contribution < 1.29 is 4.79 Å². The molecule has 1 amide bonds. The smallest absolute Gasteiger partial charge is 0.255 e. The van der Waals surface area contributed by atoms with Crippen LogP contribution in [0.3, 0.4) is 0 Å². The molecule has 0 saturated carbocycles. The van der Waals surface area contributed by atoms with Crippen molar-refractivity contribution in [3.63, 3.8) is 0 Å². The van der Waals surface area contributed by atoms with Crippen molar-refractivity contribution in [2.24, 2.45) is 0 Å². The van der Waals surface area contributed by atoms with Crippen molar-refractivity contribution in [3.05, 3.63) is 96.7 Å². The van der Waals surface area contributed by atoms with E-state index in [0.29, 0.717) is 22.8 Å². The van der Waals surface area contributed by atoms with Crippen LogP contribution in [0.15, 0.2) is 91.1 Å². The average molecular weight is 535 g/mol. The molecule has 3 aromatic carbocycles. The van der Waals surface area contributed by atoms with Crippen molar-refractivity contribution in [2.45, 2.75) is 0 Å². The predicted octanol–water partition coefficient (Wildman–Crippen LogP) is 5.77. The van der Waals surface area contributed by atoms with Gasteiger partial charge in [0.05, 0.1) is 5.52 Å². The van der Waals surface area contributed by atoms with E-state index in [2.05, 4.69) is 30.9 Å². The van der Waals surface area contributed by atoms with Crippen LogP contribution in [0, 0.1) is 0 Å². The number of amides is 1. The highest BCUT2D eigenvalue weighted by molar-refractivity contribution is 6.05. The summed E-state index contributed by atoms with van der Waals surface area (Å²) in [5, 5.41) is 10.4. The lowest BCUT2D eigenvalue weighted by Gasteiger charge is -2.11. The molecule has 0 bridgehead atoms. The summed E-state index contributed by atoms with van der Waals surface area (Å²) in [4.78, 5) is 25.1. The third-order valence-corrected chi connectivity index (χ3v) is 5.23. The number of rotatable bonds is 6. The van der Waals surface area contributed by atoms with E-state index in [1.54, 1.807) is 30.5 Å². The molecular formula is C26H24Cl2N8O. The van der Waals surface area contributed by atoms with E-state index in [1.165, 1.54) is 0 Å². The van der Waals surface area contributed by atoms with E-state index >= 15 is 0 Å². The molecule has 5 aromatic rings. The van der Waals surface area contributed by atoms with E-state index < -0.39 is 0 Å². The Bertz CT molecular complexity index is 1500. The summed E-state index contributed by atoms with van der Waals surface area (Å²) in [5.74, 6) is 0.522. The molecule has 2 heterocycles. The Kier molecular flexibility index (Phi) is 8.68. The second kappa shape index (κ2) is 11.9. The normalized spacial score (nSPS) is 10.1. The van der Waals surface area contributed by atoms with Gasteiger partial charge in [0.1, 0.15) is 11.6 Å². The number of para-hydroxylation sites is 1. The number of nitrogens with zero attached hydrogens (tertiary/aromatic N) is 3. The van der Waals surface area contributed by atoms with E-state index in [4.69, 9.17) is 11.5 Å². The molecule has 0 saturated heterocycles.